The molecule has 2 unspecified atom stereocenters. The molecule has 152 valence electrons. The second kappa shape index (κ2) is 9.71. The Bertz CT molecular complexity index is 683. The molecule has 1 aromatic carbocycles. The lowest BCUT2D eigenvalue weighted by Gasteiger charge is -2.32. The van der Waals surface area contributed by atoms with Gasteiger partial charge in [-0.3, -0.25) is 14.4 Å². The summed E-state index contributed by atoms with van der Waals surface area (Å²) in [4.78, 5) is 37.8. The second-order valence-electron chi connectivity index (χ2n) is 8.13. The summed E-state index contributed by atoms with van der Waals surface area (Å²) in [5.41, 5.74) is 1.34. The summed E-state index contributed by atoms with van der Waals surface area (Å²) in [6.45, 7) is 1.48. The smallest absolute Gasteiger partial charge is 0.306 e. The number of hydrogen-bond donors (Lipinski definition) is 2. The zero-order valence-electron chi connectivity index (χ0n) is 16.3. The molecule has 1 aliphatic carbocycles. The summed E-state index contributed by atoms with van der Waals surface area (Å²) in [7, 11) is 0. The first-order chi connectivity index (χ1) is 13.5. The van der Waals surface area contributed by atoms with Crippen LogP contribution in [0.2, 0.25) is 0 Å². The van der Waals surface area contributed by atoms with E-state index in [-0.39, 0.29) is 24.3 Å². The Balaban J connectivity index is 1.38. The maximum atomic E-state index is 12.4. The average Bonchev–Trinajstić information content (AvgIpc) is 2.73. The first-order valence-electron chi connectivity index (χ1n) is 10.3. The maximum Gasteiger partial charge on any atom is 0.306 e. The summed E-state index contributed by atoms with van der Waals surface area (Å²) in [6, 6.07) is 10.4. The molecular weight excluding hydrogens is 356 g/mol. The van der Waals surface area contributed by atoms with Gasteiger partial charge >= 0.3 is 5.97 Å². The van der Waals surface area contributed by atoms with Gasteiger partial charge in [0.1, 0.15) is 0 Å². The quantitative estimate of drug-likeness (QED) is 0.786. The SMILES string of the molecule is O=C(O)C1CCCC(C(=O)NCC(=O)N2CCC(Cc3ccccc3)CC2)C1. The molecule has 2 atom stereocenters. The number of rotatable bonds is 6. The fourth-order valence-electron chi connectivity index (χ4n) is 4.41. The standard InChI is InChI=1S/C22H30N2O4/c25-20(15-23-21(26)18-7-4-8-19(14-18)22(27)28)24-11-9-17(10-12-24)13-16-5-2-1-3-6-16/h1-3,5-6,17-19H,4,7-15H2,(H,23,26)(H,27,28). The van der Waals surface area contributed by atoms with Crippen LogP contribution in [-0.4, -0.2) is 47.4 Å². The van der Waals surface area contributed by atoms with Crippen molar-refractivity contribution in [2.45, 2.75) is 44.9 Å². The largest absolute Gasteiger partial charge is 0.481 e. The van der Waals surface area contributed by atoms with Crippen molar-refractivity contribution in [2.75, 3.05) is 19.6 Å². The number of amides is 2. The molecule has 3 rings (SSSR count). The lowest BCUT2D eigenvalue weighted by atomic mass is 9.81. The number of likely N-dealkylation sites (tertiary alicyclic amines) is 1. The Labute approximate surface area is 166 Å². The van der Waals surface area contributed by atoms with Crippen LogP contribution in [0, 0.1) is 17.8 Å². The molecule has 1 saturated heterocycles. The van der Waals surface area contributed by atoms with E-state index in [9.17, 15) is 14.4 Å². The predicted molar refractivity (Wildman–Crippen MR) is 106 cm³/mol. The number of carbonyl (C=O) groups excluding carboxylic acids is 2. The van der Waals surface area contributed by atoms with Crippen LogP contribution < -0.4 is 5.32 Å². The number of carbonyl (C=O) groups is 3. The van der Waals surface area contributed by atoms with E-state index < -0.39 is 11.9 Å². The zero-order valence-corrected chi connectivity index (χ0v) is 16.3. The van der Waals surface area contributed by atoms with Gasteiger partial charge in [0.2, 0.25) is 11.8 Å². The van der Waals surface area contributed by atoms with E-state index in [1.54, 1.807) is 0 Å². The van der Waals surface area contributed by atoms with E-state index in [2.05, 4.69) is 29.6 Å². The Morgan fingerprint density at radius 2 is 1.68 bits per heavy atom. The minimum Gasteiger partial charge on any atom is -0.481 e. The van der Waals surface area contributed by atoms with Gasteiger partial charge in [-0.05, 0) is 50.0 Å². The van der Waals surface area contributed by atoms with Gasteiger partial charge in [0.05, 0.1) is 12.5 Å². The van der Waals surface area contributed by atoms with Gasteiger partial charge in [0.25, 0.3) is 0 Å². The fraction of sp³-hybridized carbons (Fsp3) is 0.591. The number of benzene rings is 1. The molecule has 1 saturated carbocycles. The average molecular weight is 386 g/mol. The van der Waals surface area contributed by atoms with Crippen LogP contribution in [0.3, 0.4) is 0 Å². The topological polar surface area (TPSA) is 86.7 Å². The van der Waals surface area contributed by atoms with Gasteiger partial charge in [-0.1, -0.05) is 36.8 Å². The number of carboxylic acids is 1. The molecule has 1 aromatic rings. The highest BCUT2D eigenvalue weighted by Gasteiger charge is 2.31. The molecule has 0 bridgehead atoms. The first-order valence-corrected chi connectivity index (χ1v) is 10.3. The van der Waals surface area contributed by atoms with Crippen molar-refractivity contribution in [1.29, 1.82) is 0 Å². The van der Waals surface area contributed by atoms with Gasteiger partial charge in [0, 0.05) is 19.0 Å². The molecule has 0 spiro atoms. The summed E-state index contributed by atoms with van der Waals surface area (Å²) >= 11 is 0. The monoisotopic (exact) mass is 386 g/mol. The molecule has 6 nitrogen and oxygen atoms in total. The third-order valence-corrected chi connectivity index (χ3v) is 6.14. The highest BCUT2D eigenvalue weighted by molar-refractivity contribution is 5.86. The molecule has 2 N–H and O–H groups in total. The van der Waals surface area contributed by atoms with Crippen molar-refractivity contribution >= 4 is 17.8 Å². The molecule has 2 aliphatic rings. The van der Waals surface area contributed by atoms with Crippen LogP contribution in [-0.2, 0) is 20.8 Å². The van der Waals surface area contributed by atoms with Crippen molar-refractivity contribution in [3.63, 3.8) is 0 Å². The van der Waals surface area contributed by atoms with Gasteiger partial charge in [-0.25, -0.2) is 0 Å². The number of aliphatic carboxylic acids is 1. The predicted octanol–water partition coefficient (Wildman–Crippen LogP) is 2.47. The number of hydrogen-bond acceptors (Lipinski definition) is 3. The second-order valence-corrected chi connectivity index (χ2v) is 8.13. The molecule has 0 aromatic heterocycles. The summed E-state index contributed by atoms with van der Waals surface area (Å²) in [5, 5.41) is 11.9. The summed E-state index contributed by atoms with van der Waals surface area (Å²) < 4.78 is 0. The van der Waals surface area contributed by atoms with E-state index in [1.165, 1.54) is 5.56 Å². The molecule has 28 heavy (non-hydrogen) atoms. The van der Waals surface area contributed by atoms with Crippen molar-refractivity contribution in [3.05, 3.63) is 35.9 Å². The van der Waals surface area contributed by atoms with Crippen LogP contribution in [0.1, 0.15) is 44.1 Å². The van der Waals surface area contributed by atoms with Crippen molar-refractivity contribution in [3.8, 4) is 0 Å². The molecule has 0 radical (unpaired) electrons. The Morgan fingerprint density at radius 3 is 2.36 bits per heavy atom. The van der Waals surface area contributed by atoms with Crippen LogP contribution in [0.4, 0.5) is 0 Å². The molecule has 2 amide bonds. The third kappa shape index (κ3) is 5.57. The lowest BCUT2D eigenvalue weighted by Crippen LogP contribution is -2.45. The maximum absolute atomic E-state index is 12.4. The minimum atomic E-state index is -0.827. The highest BCUT2D eigenvalue weighted by Crippen LogP contribution is 2.29. The highest BCUT2D eigenvalue weighted by atomic mass is 16.4. The number of carboxylic acid groups (broad SMARTS) is 1. The van der Waals surface area contributed by atoms with Crippen LogP contribution in [0.15, 0.2) is 30.3 Å². The van der Waals surface area contributed by atoms with Crippen LogP contribution >= 0.6 is 0 Å². The molecule has 6 heteroatoms. The Morgan fingerprint density at radius 1 is 1.00 bits per heavy atom. The van der Waals surface area contributed by atoms with Crippen LogP contribution in [0.25, 0.3) is 0 Å². The molecule has 1 aliphatic heterocycles. The fourth-order valence-corrected chi connectivity index (χ4v) is 4.41. The Hall–Kier alpha value is -2.37. The summed E-state index contributed by atoms with van der Waals surface area (Å²) in [6.07, 6.45) is 5.48. The van der Waals surface area contributed by atoms with E-state index in [4.69, 9.17) is 5.11 Å². The van der Waals surface area contributed by atoms with E-state index >= 15 is 0 Å². The minimum absolute atomic E-state index is 0.0103. The molecular formula is C22H30N2O4. The van der Waals surface area contributed by atoms with Gasteiger partial charge in [0.15, 0.2) is 0 Å². The number of nitrogens with one attached hydrogen (secondary N) is 1. The van der Waals surface area contributed by atoms with Gasteiger partial charge in [-0.15, -0.1) is 0 Å². The van der Waals surface area contributed by atoms with E-state index in [0.29, 0.717) is 25.2 Å². The van der Waals surface area contributed by atoms with Gasteiger partial charge in [-0.2, -0.15) is 0 Å². The van der Waals surface area contributed by atoms with E-state index in [0.717, 1.165) is 38.8 Å². The molecule has 1 heterocycles. The van der Waals surface area contributed by atoms with E-state index in [1.807, 2.05) is 11.0 Å². The van der Waals surface area contributed by atoms with Gasteiger partial charge < -0.3 is 15.3 Å². The number of piperidine rings is 1. The van der Waals surface area contributed by atoms with Crippen LogP contribution in [0.5, 0.6) is 0 Å². The normalized spacial score (nSPS) is 23.2. The summed E-state index contributed by atoms with van der Waals surface area (Å²) in [5.74, 6) is -1.19. The number of nitrogens with zero attached hydrogens (tertiary/aromatic N) is 1. The van der Waals surface area contributed by atoms with Crippen molar-refractivity contribution < 1.29 is 19.5 Å². The first kappa shape index (κ1) is 20.4. The van der Waals surface area contributed by atoms with Crippen molar-refractivity contribution in [1.82, 2.24) is 10.2 Å². The lowest BCUT2D eigenvalue weighted by molar-refractivity contribution is -0.144. The third-order valence-electron chi connectivity index (χ3n) is 6.14. The Kier molecular flexibility index (Phi) is 7.06. The zero-order chi connectivity index (χ0) is 19.9. The van der Waals surface area contributed by atoms with Crippen molar-refractivity contribution in [2.24, 2.45) is 17.8 Å². The molecule has 2 fully saturated rings.